The lowest BCUT2D eigenvalue weighted by Gasteiger charge is -2.30. The summed E-state index contributed by atoms with van der Waals surface area (Å²) in [6.45, 7) is 0. The van der Waals surface area contributed by atoms with Crippen LogP contribution in [0.3, 0.4) is 0 Å². The molecule has 3 rings (SSSR count). The Hall–Kier alpha value is -1.46. The summed E-state index contributed by atoms with van der Waals surface area (Å²) >= 11 is 3.38. The van der Waals surface area contributed by atoms with Crippen molar-refractivity contribution in [2.75, 3.05) is 0 Å². The smallest absolute Gasteiger partial charge is 0.165 e. The average Bonchev–Trinajstić information content (AvgIpc) is 2.42. The molecule has 5 heteroatoms. The molecule has 2 unspecified atom stereocenters. The highest BCUT2D eigenvalue weighted by Gasteiger charge is 2.29. The van der Waals surface area contributed by atoms with Gasteiger partial charge in [-0.25, -0.2) is 8.78 Å². The van der Waals surface area contributed by atoms with Crippen molar-refractivity contribution in [3.8, 4) is 5.75 Å². The minimum Gasteiger partial charge on any atom is -0.485 e. The van der Waals surface area contributed by atoms with E-state index in [-0.39, 0.29) is 11.6 Å². The minimum atomic E-state index is -0.874. The Kier molecular flexibility index (Phi) is 3.48. The van der Waals surface area contributed by atoms with Gasteiger partial charge in [0.05, 0.1) is 0 Å². The normalized spacial score (nSPS) is 21.2. The first-order chi connectivity index (χ1) is 9.56. The molecular weight excluding hydrogens is 328 g/mol. The summed E-state index contributed by atoms with van der Waals surface area (Å²) in [5.74, 6) is -1.13. The van der Waals surface area contributed by atoms with E-state index in [9.17, 15) is 8.78 Å². The highest BCUT2D eigenvalue weighted by atomic mass is 79.9. The molecule has 0 radical (unpaired) electrons. The van der Waals surface area contributed by atoms with Gasteiger partial charge in [0.25, 0.3) is 0 Å². The van der Waals surface area contributed by atoms with Gasteiger partial charge in [-0.1, -0.05) is 28.1 Å². The Bertz CT molecular complexity index is 662. The van der Waals surface area contributed by atoms with Crippen LogP contribution in [0.2, 0.25) is 0 Å². The van der Waals surface area contributed by atoms with Crippen LogP contribution >= 0.6 is 15.9 Å². The molecule has 0 aliphatic carbocycles. The van der Waals surface area contributed by atoms with Crippen molar-refractivity contribution in [2.24, 2.45) is 5.73 Å². The fourth-order valence-corrected chi connectivity index (χ4v) is 2.81. The van der Waals surface area contributed by atoms with Crippen LogP contribution in [-0.2, 0) is 0 Å². The van der Waals surface area contributed by atoms with Crippen molar-refractivity contribution in [3.05, 3.63) is 63.6 Å². The van der Waals surface area contributed by atoms with Crippen LogP contribution in [0.1, 0.15) is 29.7 Å². The van der Waals surface area contributed by atoms with Crippen LogP contribution in [0.5, 0.6) is 5.75 Å². The molecule has 2 nitrogen and oxygen atoms in total. The van der Waals surface area contributed by atoms with Crippen molar-refractivity contribution in [3.63, 3.8) is 0 Å². The van der Waals surface area contributed by atoms with Gasteiger partial charge in [-0.2, -0.15) is 0 Å². The Morgan fingerprint density at radius 2 is 1.95 bits per heavy atom. The molecule has 2 aromatic carbocycles. The van der Waals surface area contributed by atoms with E-state index in [1.807, 2.05) is 12.1 Å². The number of hydrogen-bond acceptors (Lipinski definition) is 2. The maximum absolute atomic E-state index is 13.9. The fourth-order valence-electron chi connectivity index (χ4n) is 2.43. The minimum absolute atomic E-state index is 0.203. The zero-order chi connectivity index (χ0) is 14.3. The summed E-state index contributed by atoms with van der Waals surface area (Å²) < 4.78 is 33.8. The third-order valence-corrected chi connectivity index (χ3v) is 3.93. The maximum Gasteiger partial charge on any atom is 0.165 e. The van der Waals surface area contributed by atoms with Crippen LogP contribution < -0.4 is 10.5 Å². The number of fused-ring (bicyclic) bond motifs is 1. The molecule has 0 amide bonds. The van der Waals surface area contributed by atoms with Gasteiger partial charge in [-0.3, -0.25) is 0 Å². The first-order valence-corrected chi connectivity index (χ1v) is 7.01. The van der Waals surface area contributed by atoms with Gasteiger partial charge in [-0.15, -0.1) is 0 Å². The van der Waals surface area contributed by atoms with Gasteiger partial charge in [-0.05, 0) is 24.3 Å². The van der Waals surface area contributed by atoms with Crippen LogP contribution in [0.4, 0.5) is 8.78 Å². The zero-order valence-corrected chi connectivity index (χ0v) is 12.0. The second-order valence-electron chi connectivity index (χ2n) is 4.77. The highest BCUT2D eigenvalue weighted by Crippen LogP contribution is 2.41. The van der Waals surface area contributed by atoms with Gasteiger partial charge in [0.2, 0.25) is 0 Å². The van der Waals surface area contributed by atoms with E-state index in [0.717, 1.165) is 16.1 Å². The molecule has 20 heavy (non-hydrogen) atoms. The van der Waals surface area contributed by atoms with E-state index in [1.54, 1.807) is 6.07 Å². The van der Waals surface area contributed by atoms with Crippen molar-refractivity contribution in [1.82, 2.24) is 0 Å². The Balaban J connectivity index is 1.99. The molecule has 1 aliphatic heterocycles. The van der Waals surface area contributed by atoms with Crippen LogP contribution in [0, 0.1) is 11.6 Å². The van der Waals surface area contributed by atoms with Crippen LogP contribution in [0.25, 0.3) is 0 Å². The van der Waals surface area contributed by atoms with Crippen molar-refractivity contribution >= 4 is 15.9 Å². The zero-order valence-electron chi connectivity index (χ0n) is 10.4. The van der Waals surface area contributed by atoms with E-state index < -0.39 is 17.7 Å². The second kappa shape index (κ2) is 5.14. The molecule has 0 aromatic heterocycles. The molecule has 2 N–H and O–H groups in total. The summed E-state index contributed by atoms with van der Waals surface area (Å²) in [7, 11) is 0. The largest absolute Gasteiger partial charge is 0.485 e. The number of halogens is 3. The monoisotopic (exact) mass is 339 g/mol. The third-order valence-electron chi connectivity index (χ3n) is 3.44. The van der Waals surface area contributed by atoms with Gasteiger partial charge >= 0.3 is 0 Å². The summed E-state index contributed by atoms with van der Waals surface area (Å²) in [5, 5.41) is 0. The number of rotatable bonds is 1. The van der Waals surface area contributed by atoms with Crippen molar-refractivity contribution in [1.29, 1.82) is 0 Å². The number of nitrogens with two attached hydrogens (primary N) is 1. The SMILES string of the molecule is NC1CC(c2cccc(F)c2F)Oc2ccc(Br)cc21. The van der Waals surface area contributed by atoms with E-state index in [0.29, 0.717) is 12.2 Å². The topological polar surface area (TPSA) is 35.2 Å². The molecular formula is C15H12BrF2NO. The van der Waals surface area contributed by atoms with Gasteiger partial charge in [0.1, 0.15) is 11.9 Å². The van der Waals surface area contributed by atoms with E-state index in [1.165, 1.54) is 12.1 Å². The molecule has 0 fully saturated rings. The van der Waals surface area contributed by atoms with E-state index in [2.05, 4.69) is 15.9 Å². The first kappa shape index (κ1) is 13.5. The van der Waals surface area contributed by atoms with Crippen molar-refractivity contribution < 1.29 is 13.5 Å². The van der Waals surface area contributed by atoms with Crippen LogP contribution in [-0.4, -0.2) is 0 Å². The van der Waals surface area contributed by atoms with E-state index in [4.69, 9.17) is 10.5 Å². The standard InChI is InChI=1S/C15H12BrF2NO/c16-8-4-5-13-10(6-8)12(19)7-14(20-13)9-2-1-3-11(17)15(9)18/h1-6,12,14H,7,19H2. The Labute approximate surface area is 123 Å². The Morgan fingerprint density at radius 1 is 1.15 bits per heavy atom. The predicted octanol–water partition coefficient (Wildman–Crippen LogP) is 4.25. The van der Waals surface area contributed by atoms with Crippen molar-refractivity contribution in [2.45, 2.75) is 18.6 Å². The number of hydrogen-bond donors (Lipinski definition) is 1. The van der Waals surface area contributed by atoms with Crippen LogP contribution in [0.15, 0.2) is 40.9 Å². The molecule has 0 bridgehead atoms. The fraction of sp³-hybridized carbons (Fsp3) is 0.200. The molecule has 1 heterocycles. The quantitative estimate of drug-likeness (QED) is 0.842. The first-order valence-electron chi connectivity index (χ1n) is 6.22. The number of benzene rings is 2. The summed E-state index contributed by atoms with van der Waals surface area (Å²) in [5.41, 5.74) is 7.18. The summed E-state index contributed by atoms with van der Waals surface area (Å²) in [4.78, 5) is 0. The molecule has 2 aromatic rings. The lowest BCUT2D eigenvalue weighted by Crippen LogP contribution is -2.25. The Morgan fingerprint density at radius 3 is 2.75 bits per heavy atom. The second-order valence-corrected chi connectivity index (χ2v) is 5.69. The average molecular weight is 340 g/mol. The lowest BCUT2D eigenvalue weighted by atomic mass is 9.93. The molecule has 0 spiro atoms. The van der Waals surface area contributed by atoms with Gasteiger partial charge in [0, 0.05) is 28.1 Å². The lowest BCUT2D eigenvalue weighted by molar-refractivity contribution is 0.156. The molecule has 2 atom stereocenters. The van der Waals surface area contributed by atoms with Gasteiger partial charge < -0.3 is 10.5 Å². The summed E-state index contributed by atoms with van der Waals surface area (Å²) in [6, 6.07) is 9.31. The maximum atomic E-state index is 13.9. The molecule has 0 saturated heterocycles. The molecule has 1 aliphatic rings. The highest BCUT2D eigenvalue weighted by molar-refractivity contribution is 9.10. The van der Waals surface area contributed by atoms with Gasteiger partial charge in [0.15, 0.2) is 11.6 Å². The van der Waals surface area contributed by atoms with E-state index >= 15 is 0 Å². The molecule has 0 saturated carbocycles. The molecule has 104 valence electrons. The third kappa shape index (κ3) is 2.31. The predicted molar refractivity (Wildman–Crippen MR) is 75.4 cm³/mol. The summed E-state index contributed by atoms with van der Waals surface area (Å²) in [6.07, 6.45) is -0.168. The number of ether oxygens (including phenoxy) is 1.